The molecule has 222 valence electrons. The molecule has 6 rings (SSSR count). The van der Waals surface area contributed by atoms with Crippen LogP contribution in [-0.4, -0.2) is 82.8 Å². The molecule has 4 heterocycles. The lowest BCUT2D eigenvalue weighted by atomic mass is 9.86. The summed E-state index contributed by atoms with van der Waals surface area (Å²) in [5.41, 5.74) is 4.46. The highest BCUT2D eigenvalue weighted by Crippen LogP contribution is 2.46. The summed E-state index contributed by atoms with van der Waals surface area (Å²) in [4.78, 5) is 31.4. The number of likely N-dealkylation sites (N-methyl/N-ethyl adjacent to an activating group) is 1. The number of nitrogens with zero attached hydrogens (tertiary/aromatic N) is 3. The number of hydrogen-bond acceptors (Lipinski definition) is 7. The second-order valence-electron chi connectivity index (χ2n) is 12.6. The van der Waals surface area contributed by atoms with Crippen LogP contribution in [0.1, 0.15) is 50.5 Å². The highest BCUT2D eigenvalue weighted by atomic mass is 32.2. The Morgan fingerprint density at radius 3 is 2.59 bits per heavy atom. The second kappa shape index (κ2) is 12.5. The third-order valence-electron chi connectivity index (χ3n) is 9.85. The van der Waals surface area contributed by atoms with Gasteiger partial charge in [-0.25, -0.2) is 0 Å². The Bertz CT molecular complexity index is 1280. The number of piperidine rings is 1. The van der Waals surface area contributed by atoms with Gasteiger partial charge in [-0.1, -0.05) is 25.0 Å². The lowest BCUT2D eigenvalue weighted by Crippen LogP contribution is -2.56. The third-order valence-corrected chi connectivity index (χ3v) is 11.6. The first kappa shape index (κ1) is 28.8. The molecular weight excluding hydrogens is 532 g/mol. The van der Waals surface area contributed by atoms with Gasteiger partial charge in [0.25, 0.3) is 5.56 Å². The van der Waals surface area contributed by atoms with Crippen LogP contribution in [0.3, 0.4) is 0 Å². The second-order valence-corrected chi connectivity index (χ2v) is 14.1. The zero-order valence-electron chi connectivity index (χ0n) is 24.8. The van der Waals surface area contributed by atoms with Crippen molar-refractivity contribution in [2.24, 2.45) is 13.0 Å². The molecule has 9 heteroatoms. The minimum Gasteiger partial charge on any atom is -0.365 e. The van der Waals surface area contributed by atoms with Gasteiger partial charge < -0.3 is 20.1 Å². The molecule has 1 aliphatic carbocycles. The molecule has 5 unspecified atom stereocenters. The molecule has 4 fully saturated rings. The molecule has 0 spiro atoms. The van der Waals surface area contributed by atoms with E-state index >= 15 is 0 Å². The molecule has 8 nitrogen and oxygen atoms in total. The van der Waals surface area contributed by atoms with E-state index in [0.29, 0.717) is 22.9 Å². The molecule has 5 atom stereocenters. The fraction of sp³-hybridized carbons (Fsp3) is 0.625. The monoisotopic (exact) mass is 578 g/mol. The van der Waals surface area contributed by atoms with Crippen LogP contribution in [0.2, 0.25) is 0 Å². The van der Waals surface area contributed by atoms with E-state index in [1.165, 1.54) is 25.7 Å². The van der Waals surface area contributed by atoms with E-state index in [4.69, 9.17) is 0 Å². The normalized spacial score (nSPS) is 29.2. The van der Waals surface area contributed by atoms with Crippen molar-refractivity contribution in [3.63, 3.8) is 0 Å². The number of carbonyl (C=O) groups is 1. The Morgan fingerprint density at radius 1 is 1.02 bits per heavy atom. The predicted molar refractivity (Wildman–Crippen MR) is 170 cm³/mol. The van der Waals surface area contributed by atoms with Gasteiger partial charge in [0, 0.05) is 68.5 Å². The van der Waals surface area contributed by atoms with Crippen molar-refractivity contribution in [1.82, 2.24) is 19.7 Å². The summed E-state index contributed by atoms with van der Waals surface area (Å²) in [5, 5.41) is 11.1. The van der Waals surface area contributed by atoms with E-state index < -0.39 is 0 Å². The van der Waals surface area contributed by atoms with Crippen molar-refractivity contribution in [1.29, 1.82) is 0 Å². The number of benzene rings is 1. The fourth-order valence-corrected chi connectivity index (χ4v) is 8.98. The van der Waals surface area contributed by atoms with Crippen LogP contribution in [-0.2, 0) is 11.8 Å². The number of thioether (sulfide) groups is 1. The first-order valence-electron chi connectivity index (χ1n) is 15.5. The summed E-state index contributed by atoms with van der Waals surface area (Å²) in [6, 6.07) is 8.60. The summed E-state index contributed by atoms with van der Waals surface area (Å²) in [5.74, 6) is 0.829. The van der Waals surface area contributed by atoms with Crippen molar-refractivity contribution in [3.05, 3.63) is 46.4 Å². The minimum atomic E-state index is -0.0291. The summed E-state index contributed by atoms with van der Waals surface area (Å²) in [7, 11) is 4.01. The maximum absolute atomic E-state index is 13.3. The number of aryl methyl sites for hydroxylation is 1. The maximum Gasteiger partial charge on any atom is 0.273 e. The van der Waals surface area contributed by atoms with Crippen LogP contribution in [0.4, 0.5) is 11.4 Å². The van der Waals surface area contributed by atoms with Gasteiger partial charge in [-0.3, -0.25) is 19.8 Å². The molecule has 1 saturated carbocycles. The molecule has 3 N–H and O–H groups in total. The molecule has 1 aromatic carbocycles. The van der Waals surface area contributed by atoms with Crippen molar-refractivity contribution in [2.75, 3.05) is 50.4 Å². The van der Waals surface area contributed by atoms with Gasteiger partial charge in [0.2, 0.25) is 5.91 Å². The number of pyridine rings is 1. The van der Waals surface area contributed by atoms with Crippen molar-refractivity contribution in [3.8, 4) is 11.1 Å². The van der Waals surface area contributed by atoms with Crippen LogP contribution in [0, 0.1) is 12.8 Å². The smallest absolute Gasteiger partial charge is 0.273 e. The SMILES string of the molecule is Cc1c(NC(=O)C2CC3CCCCC3S2)cccc1-c1cc(NC2CCC(N3CCN(C)CC3)CN2)c(=O)n(C)c1. The van der Waals surface area contributed by atoms with Crippen molar-refractivity contribution < 1.29 is 4.79 Å². The number of anilines is 2. The molecule has 3 aliphatic heterocycles. The molecular formula is C32H46N6O2S. The zero-order chi connectivity index (χ0) is 28.5. The van der Waals surface area contributed by atoms with Gasteiger partial charge in [0.1, 0.15) is 5.69 Å². The largest absolute Gasteiger partial charge is 0.365 e. The molecule has 1 aromatic heterocycles. The van der Waals surface area contributed by atoms with E-state index in [-0.39, 0.29) is 22.9 Å². The molecule has 0 radical (unpaired) electrons. The Morgan fingerprint density at radius 2 is 1.83 bits per heavy atom. The lowest BCUT2D eigenvalue weighted by molar-refractivity contribution is -0.115. The number of rotatable bonds is 6. The number of piperazine rings is 1. The van der Waals surface area contributed by atoms with Gasteiger partial charge in [-0.15, -0.1) is 11.8 Å². The molecule has 4 aliphatic rings. The molecule has 2 aromatic rings. The third kappa shape index (κ3) is 6.38. The number of nitrogens with one attached hydrogen (secondary N) is 3. The van der Waals surface area contributed by atoms with E-state index in [1.807, 2.05) is 43.2 Å². The highest BCUT2D eigenvalue weighted by Gasteiger charge is 2.39. The van der Waals surface area contributed by atoms with E-state index in [9.17, 15) is 9.59 Å². The van der Waals surface area contributed by atoms with Crippen molar-refractivity contribution in [2.45, 2.75) is 74.6 Å². The zero-order valence-corrected chi connectivity index (χ0v) is 25.6. The van der Waals surface area contributed by atoms with E-state index in [0.717, 1.165) is 74.4 Å². The average Bonchev–Trinajstić information content (AvgIpc) is 3.42. The van der Waals surface area contributed by atoms with Crippen LogP contribution < -0.4 is 21.5 Å². The van der Waals surface area contributed by atoms with E-state index in [1.54, 1.807) is 4.57 Å². The number of carbonyl (C=O) groups excluding carboxylic acids is 1. The minimum absolute atomic E-state index is 0.0291. The standard InChI is InChI=1S/C32H46N6O2S/c1-21-25(8-6-9-26(21)35-31(39)29-18-22-7-4-5-10-28(22)41-29)23-17-27(32(40)37(3)20-23)34-30-12-11-24(19-33-30)38-15-13-36(2)14-16-38/h6,8-9,17,20,22,24,28-30,33-34H,4-5,7,10-16,18-19H2,1-3H3,(H,35,39). The molecule has 3 saturated heterocycles. The number of aromatic nitrogens is 1. The van der Waals surface area contributed by atoms with Gasteiger partial charge in [-0.2, -0.15) is 0 Å². The topological polar surface area (TPSA) is 81.6 Å². The first-order valence-corrected chi connectivity index (χ1v) is 16.5. The Labute approximate surface area is 248 Å². The van der Waals surface area contributed by atoms with Gasteiger partial charge in [-0.05, 0) is 75.3 Å². The molecule has 1 amide bonds. The van der Waals surface area contributed by atoms with Crippen LogP contribution in [0.25, 0.3) is 11.1 Å². The number of amides is 1. The van der Waals surface area contributed by atoms with Gasteiger partial charge >= 0.3 is 0 Å². The van der Waals surface area contributed by atoms with Gasteiger partial charge in [0.15, 0.2) is 0 Å². The van der Waals surface area contributed by atoms with E-state index in [2.05, 4.69) is 45.8 Å². The summed E-state index contributed by atoms with van der Waals surface area (Å²) >= 11 is 1.89. The van der Waals surface area contributed by atoms with Crippen LogP contribution >= 0.6 is 11.8 Å². The number of hydrogen-bond donors (Lipinski definition) is 3. The first-order chi connectivity index (χ1) is 19.9. The molecule has 41 heavy (non-hydrogen) atoms. The number of fused-ring (bicyclic) bond motifs is 1. The van der Waals surface area contributed by atoms with Gasteiger partial charge in [0.05, 0.1) is 11.4 Å². The average molecular weight is 579 g/mol. The summed E-state index contributed by atoms with van der Waals surface area (Å²) in [6.07, 6.45) is 10.2. The van der Waals surface area contributed by atoms with Crippen LogP contribution in [0.5, 0.6) is 0 Å². The molecule has 0 bridgehead atoms. The Hall–Kier alpha value is -2.33. The quantitative estimate of drug-likeness (QED) is 0.476. The fourth-order valence-electron chi connectivity index (χ4n) is 7.24. The maximum atomic E-state index is 13.3. The Balaban J connectivity index is 1.13. The Kier molecular flexibility index (Phi) is 8.77. The summed E-state index contributed by atoms with van der Waals surface area (Å²) in [6.45, 7) is 7.51. The summed E-state index contributed by atoms with van der Waals surface area (Å²) < 4.78 is 1.66. The lowest BCUT2D eigenvalue weighted by Gasteiger charge is -2.41. The highest BCUT2D eigenvalue weighted by molar-refractivity contribution is 8.01. The van der Waals surface area contributed by atoms with Crippen LogP contribution in [0.15, 0.2) is 35.3 Å². The van der Waals surface area contributed by atoms with Crippen molar-refractivity contribution >= 4 is 29.0 Å². The predicted octanol–water partition coefficient (Wildman–Crippen LogP) is 4.10.